The van der Waals surface area contributed by atoms with E-state index in [-0.39, 0.29) is 0 Å². The summed E-state index contributed by atoms with van der Waals surface area (Å²) in [6.07, 6.45) is 0.542. The van der Waals surface area contributed by atoms with E-state index >= 15 is 0 Å². The van der Waals surface area contributed by atoms with Crippen LogP contribution >= 0.6 is 12.2 Å². The average Bonchev–Trinajstić information content (AvgIpc) is 2.12. The Morgan fingerprint density at radius 2 is 2.08 bits per heavy atom. The minimum absolute atomic E-state index is 0.453. The molecule has 0 unspecified atom stereocenters. The van der Waals surface area contributed by atoms with Crippen LogP contribution in [0.2, 0.25) is 0 Å². The summed E-state index contributed by atoms with van der Waals surface area (Å²) >= 11 is 4.36. The molecule has 0 atom stereocenters. The van der Waals surface area contributed by atoms with Crippen LogP contribution in [0, 0.1) is 11.6 Å². The summed E-state index contributed by atoms with van der Waals surface area (Å²) < 4.78 is 25.1. The molecule has 0 N–H and O–H groups in total. The maximum Gasteiger partial charge on any atom is 0.159 e. The molecule has 1 rings (SSSR count). The zero-order valence-corrected chi connectivity index (χ0v) is 7.57. The Bertz CT molecular complexity index is 345. The van der Waals surface area contributed by atoms with Gasteiger partial charge in [-0.2, -0.15) is 0 Å². The van der Waals surface area contributed by atoms with E-state index in [0.29, 0.717) is 18.5 Å². The molecule has 0 heterocycles. The van der Waals surface area contributed by atoms with Gasteiger partial charge in [0.05, 0.1) is 11.7 Å². The van der Waals surface area contributed by atoms with E-state index in [0.717, 1.165) is 12.1 Å². The molecular weight excluding hydrogens is 192 g/mol. The van der Waals surface area contributed by atoms with Crippen molar-refractivity contribution >= 4 is 17.4 Å². The maximum atomic E-state index is 12.6. The molecule has 0 fully saturated rings. The van der Waals surface area contributed by atoms with Crippen molar-refractivity contribution in [3.63, 3.8) is 0 Å². The summed E-state index contributed by atoms with van der Waals surface area (Å²) in [5, 5.41) is 2.20. The minimum atomic E-state index is -0.831. The summed E-state index contributed by atoms with van der Waals surface area (Å²) in [7, 11) is 0. The fraction of sp³-hybridized carbons (Fsp3) is 0.222. The predicted octanol–water partition coefficient (Wildman–Crippen LogP) is 2.61. The van der Waals surface area contributed by atoms with Gasteiger partial charge >= 0.3 is 0 Å². The lowest BCUT2D eigenvalue weighted by Gasteiger charge is -1.98. The predicted molar refractivity (Wildman–Crippen MR) is 50.0 cm³/mol. The molecule has 0 aliphatic rings. The van der Waals surface area contributed by atoms with Crippen molar-refractivity contribution in [1.29, 1.82) is 0 Å². The Balaban J connectivity index is 2.68. The van der Waals surface area contributed by atoms with Crippen LogP contribution in [0.25, 0.3) is 0 Å². The van der Waals surface area contributed by atoms with E-state index in [1.54, 1.807) is 0 Å². The number of hydrogen-bond donors (Lipinski definition) is 0. The zero-order chi connectivity index (χ0) is 9.68. The summed E-state index contributed by atoms with van der Waals surface area (Å²) in [4.78, 5) is 3.67. The first-order valence-electron chi connectivity index (χ1n) is 3.71. The topological polar surface area (TPSA) is 12.4 Å². The number of isothiocyanates is 1. The lowest BCUT2D eigenvalue weighted by Crippen LogP contribution is -1.92. The zero-order valence-electron chi connectivity index (χ0n) is 6.76. The van der Waals surface area contributed by atoms with E-state index < -0.39 is 11.6 Å². The third-order valence-corrected chi connectivity index (χ3v) is 1.69. The highest BCUT2D eigenvalue weighted by molar-refractivity contribution is 7.78. The third-order valence-electron chi connectivity index (χ3n) is 1.56. The number of aliphatic imine (C=N–C) groups is 1. The number of halogens is 2. The number of nitrogens with zero attached hydrogens (tertiary/aromatic N) is 1. The molecule has 0 spiro atoms. The summed E-state index contributed by atoms with van der Waals surface area (Å²) in [6, 6.07) is 3.79. The lowest BCUT2D eigenvalue weighted by molar-refractivity contribution is 0.507. The maximum absolute atomic E-state index is 12.6. The molecule has 4 heteroatoms. The monoisotopic (exact) mass is 199 g/mol. The van der Waals surface area contributed by atoms with Gasteiger partial charge in [-0.1, -0.05) is 6.07 Å². The van der Waals surface area contributed by atoms with Crippen molar-refractivity contribution in [2.24, 2.45) is 4.99 Å². The molecule has 0 aromatic heterocycles. The van der Waals surface area contributed by atoms with Crippen molar-refractivity contribution in [2.45, 2.75) is 6.42 Å². The van der Waals surface area contributed by atoms with Crippen molar-refractivity contribution in [2.75, 3.05) is 6.54 Å². The van der Waals surface area contributed by atoms with Gasteiger partial charge in [0, 0.05) is 0 Å². The molecule has 1 aromatic rings. The number of thiocarbonyl (C=S) groups is 1. The quantitative estimate of drug-likeness (QED) is 0.538. The Labute approximate surface area is 80.1 Å². The van der Waals surface area contributed by atoms with E-state index in [2.05, 4.69) is 22.4 Å². The molecule has 0 saturated heterocycles. The third kappa shape index (κ3) is 3.01. The van der Waals surface area contributed by atoms with Crippen LogP contribution in [0.4, 0.5) is 8.78 Å². The van der Waals surface area contributed by atoms with Crippen LogP contribution in [-0.2, 0) is 6.42 Å². The number of hydrogen-bond acceptors (Lipinski definition) is 2. The second-order valence-corrected chi connectivity index (χ2v) is 2.65. The molecule has 1 aromatic carbocycles. The Morgan fingerprint density at radius 3 is 2.69 bits per heavy atom. The van der Waals surface area contributed by atoms with Crippen LogP contribution in [0.15, 0.2) is 23.2 Å². The van der Waals surface area contributed by atoms with Crippen molar-refractivity contribution in [3.05, 3.63) is 35.4 Å². The van der Waals surface area contributed by atoms with E-state index in [1.807, 2.05) is 0 Å². The largest absolute Gasteiger partial charge is 0.232 e. The van der Waals surface area contributed by atoms with Crippen LogP contribution in [0.1, 0.15) is 5.56 Å². The first-order chi connectivity index (χ1) is 6.24. The van der Waals surface area contributed by atoms with Crippen molar-refractivity contribution < 1.29 is 8.78 Å². The Hall–Kier alpha value is -1.12. The molecule has 0 amide bonds. The number of benzene rings is 1. The molecule has 13 heavy (non-hydrogen) atoms. The van der Waals surface area contributed by atoms with Crippen LogP contribution in [0.3, 0.4) is 0 Å². The normalized spacial score (nSPS) is 9.38. The first kappa shape index (κ1) is 9.96. The molecule has 1 nitrogen and oxygen atoms in total. The Morgan fingerprint density at radius 1 is 1.31 bits per heavy atom. The standard InChI is InChI=1S/C9H7F2NS/c10-8-2-1-7(5-9(8)11)3-4-12-6-13/h1-2,5H,3-4H2. The molecule has 0 aliphatic heterocycles. The Kier molecular flexibility index (Phi) is 3.68. The minimum Gasteiger partial charge on any atom is -0.232 e. The van der Waals surface area contributed by atoms with Crippen molar-refractivity contribution in [1.82, 2.24) is 0 Å². The SMILES string of the molecule is Fc1ccc(CCN=C=S)cc1F. The second-order valence-electron chi connectivity index (χ2n) is 2.47. The highest BCUT2D eigenvalue weighted by atomic mass is 32.1. The second kappa shape index (κ2) is 4.80. The summed E-state index contributed by atoms with van der Waals surface area (Å²) in [6.45, 7) is 0.453. The van der Waals surface area contributed by atoms with Gasteiger partial charge in [-0.3, -0.25) is 0 Å². The van der Waals surface area contributed by atoms with Gasteiger partial charge in [0.1, 0.15) is 0 Å². The molecule has 0 bridgehead atoms. The van der Waals surface area contributed by atoms with E-state index in [9.17, 15) is 8.78 Å². The fourth-order valence-electron chi connectivity index (χ4n) is 0.926. The average molecular weight is 199 g/mol. The first-order valence-corrected chi connectivity index (χ1v) is 4.12. The molecule has 0 radical (unpaired) electrons. The molecule has 68 valence electrons. The fourth-order valence-corrected chi connectivity index (χ4v) is 1.02. The van der Waals surface area contributed by atoms with Gasteiger partial charge in [-0.25, -0.2) is 13.8 Å². The van der Waals surface area contributed by atoms with Gasteiger partial charge in [0.25, 0.3) is 0 Å². The summed E-state index contributed by atoms with van der Waals surface area (Å²) in [5.41, 5.74) is 0.702. The van der Waals surface area contributed by atoms with E-state index in [4.69, 9.17) is 0 Å². The van der Waals surface area contributed by atoms with Gasteiger partial charge in [0.15, 0.2) is 11.6 Å². The summed E-state index contributed by atoms with van der Waals surface area (Å²) in [5.74, 6) is -1.66. The van der Waals surface area contributed by atoms with Crippen LogP contribution in [-0.4, -0.2) is 11.7 Å². The molecule has 0 aliphatic carbocycles. The van der Waals surface area contributed by atoms with Crippen LogP contribution < -0.4 is 0 Å². The van der Waals surface area contributed by atoms with Crippen LogP contribution in [0.5, 0.6) is 0 Å². The van der Waals surface area contributed by atoms with Gasteiger partial charge in [0.2, 0.25) is 0 Å². The smallest absolute Gasteiger partial charge is 0.159 e. The number of rotatable bonds is 3. The highest BCUT2D eigenvalue weighted by Crippen LogP contribution is 2.08. The van der Waals surface area contributed by atoms with Gasteiger partial charge < -0.3 is 0 Å². The van der Waals surface area contributed by atoms with E-state index in [1.165, 1.54) is 6.07 Å². The van der Waals surface area contributed by atoms with Gasteiger partial charge in [-0.05, 0) is 36.3 Å². The highest BCUT2D eigenvalue weighted by Gasteiger charge is 2.01. The lowest BCUT2D eigenvalue weighted by atomic mass is 10.1. The van der Waals surface area contributed by atoms with Gasteiger partial charge in [-0.15, -0.1) is 0 Å². The molecular formula is C9H7F2NS. The molecule has 0 saturated carbocycles. The van der Waals surface area contributed by atoms with Crippen molar-refractivity contribution in [3.8, 4) is 0 Å².